The summed E-state index contributed by atoms with van der Waals surface area (Å²) in [6.45, 7) is 7.44. The second-order valence-corrected chi connectivity index (χ2v) is 3.87. The smallest absolute Gasteiger partial charge is 0.143 e. The largest absolute Gasteiger partial charge is 0.409 e. The molecule has 5 heteroatoms. The summed E-state index contributed by atoms with van der Waals surface area (Å²) >= 11 is 0. The normalized spacial score (nSPS) is 27.6. The average Bonchev–Trinajstić information content (AvgIpc) is 2.16. The van der Waals surface area contributed by atoms with Crippen molar-refractivity contribution in [2.24, 2.45) is 16.8 Å². The zero-order valence-electron chi connectivity index (χ0n) is 8.81. The summed E-state index contributed by atoms with van der Waals surface area (Å²) in [5.74, 6) is 0.384. The maximum Gasteiger partial charge on any atom is 0.143 e. The minimum Gasteiger partial charge on any atom is -0.409 e. The molecule has 1 aliphatic heterocycles. The summed E-state index contributed by atoms with van der Waals surface area (Å²) in [6, 6.07) is 0. The van der Waals surface area contributed by atoms with E-state index in [0.717, 1.165) is 26.2 Å². The quantitative estimate of drug-likeness (QED) is 0.294. The van der Waals surface area contributed by atoms with Gasteiger partial charge in [-0.15, -0.1) is 0 Å². The number of amidine groups is 1. The molecule has 0 aliphatic carbocycles. The van der Waals surface area contributed by atoms with Crippen LogP contribution in [0.15, 0.2) is 5.16 Å². The lowest BCUT2D eigenvalue weighted by atomic mass is 10.1. The average molecular weight is 201 g/mol. The van der Waals surface area contributed by atoms with Gasteiger partial charge in [0.1, 0.15) is 5.84 Å². The van der Waals surface area contributed by atoms with E-state index in [0.29, 0.717) is 5.84 Å². The minimum absolute atomic E-state index is 0.0882. The summed E-state index contributed by atoms with van der Waals surface area (Å²) in [4.78, 5) is 2.27. The monoisotopic (exact) mass is 201 g/mol. The highest BCUT2D eigenvalue weighted by molar-refractivity contribution is 5.82. The van der Waals surface area contributed by atoms with Gasteiger partial charge in [0.25, 0.3) is 0 Å². The van der Waals surface area contributed by atoms with Crippen LogP contribution in [-0.4, -0.2) is 48.3 Å². The molecule has 0 spiro atoms. The molecule has 0 radical (unpaired) electrons. The fourth-order valence-electron chi connectivity index (χ4n) is 1.64. The third-order valence-electron chi connectivity index (χ3n) is 2.48. The van der Waals surface area contributed by atoms with Crippen molar-refractivity contribution in [1.82, 2.24) is 4.90 Å². The summed E-state index contributed by atoms with van der Waals surface area (Å²) in [7, 11) is 0. The molecule has 2 atom stereocenters. The number of hydrogen-bond donors (Lipinski definition) is 2. The summed E-state index contributed by atoms with van der Waals surface area (Å²) in [5, 5.41) is 11.5. The van der Waals surface area contributed by atoms with Crippen LogP contribution in [0.3, 0.4) is 0 Å². The third kappa shape index (κ3) is 3.16. The molecule has 3 N–H and O–H groups in total. The first kappa shape index (κ1) is 11.3. The van der Waals surface area contributed by atoms with E-state index in [2.05, 4.69) is 17.0 Å². The van der Waals surface area contributed by atoms with Gasteiger partial charge in [0.15, 0.2) is 0 Å². The number of morpholine rings is 1. The van der Waals surface area contributed by atoms with Crippen LogP contribution in [0.1, 0.15) is 13.8 Å². The highest BCUT2D eigenvalue weighted by atomic mass is 16.5. The van der Waals surface area contributed by atoms with Gasteiger partial charge in [-0.25, -0.2) is 0 Å². The molecule has 0 aromatic carbocycles. The van der Waals surface area contributed by atoms with E-state index in [1.54, 1.807) is 0 Å². The summed E-state index contributed by atoms with van der Waals surface area (Å²) in [6.07, 6.45) is 0.281. The molecule has 0 aromatic rings. The van der Waals surface area contributed by atoms with Crippen LogP contribution in [0.2, 0.25) is 0 Å². The molecular weight excluding hydrogens is 182 g/mol. The van der Waals surface area contributed by atoms with Gasteiger partial charge < -0.3 is 15.7 Å². The fraction of sp³-hybridized carbons (Fsp3) is 0.889. The Kier molecular flexibility index (Phi) is 4.16. The van der Waals surface area contributed by atoms with E-state index >= 15 is 0 Å². The van der Waals surface area contributed by atoms with Crippen LogP contribution in [-0.2, 0) is 4.74 Å². The SMILES string of the molecule is CC1CN(CC(C)/C(N)=N/O)CCO1. The van der Waals surface area contributed by atoms with Gasteiger partial charge in [0.05, 0.1) is 12.7 Å². The topological polar surface area (TPSA) is 71.1 Å². The van der Waals surface area contributed by atoms with E-state index in [-0.39, 0.29) is 12.0 Å². The van der Waals surface area contributed by atoms with Crippen molar-refractivity contribution in [1.29, 1.82) is 0 Å². The molecule has 2 unspecified atom stereocenters. The Bertz CT molecular complexity index is 208. The molecule has 0 amide bonds. The first-order chi connectivity index (χ1) is 6.63. The van der Waals surface area contributed by atoms with Gasteiger partial charge in [-0.1, -0.05) is 12.1 Å². The summed E-state index contributed by atoms with van der Waals surface area (Å²) < 4.78 is 5.42. The molecule has 1 fully saturated rings. The Hall–Kier alpha value is -0.810. The molecule has 82 valence electrons. The third-order valence-corrected chi connectivity index (χ3v) is 2.48. The first-order valence-corrected chi connectivity index (χ1v) is 4.95. The predicted molar refractivity (Wildman–Crippen MR) is 54.4 cm³/mol. The van der Waals surface area contributed by atoms with Crippen LogP contribution in [0.5, 0.6) is 0 Å². The van der Waals surface area contributed by atoms with Crippen molar-refractivity contribution in [3.63, 3.8) is 0 Å². The highest BCUT2D eigenvalue weighted by Gasteiger charge is 2.19. The molecule has 0 aromatic heterocycles. The fourth-order valence-corrected chi connectivity index (χ4v) is 1.64. The molecule has 5 nitrogen and oxygen atoms in total. The number of oxime groups is 1. The van der Waals surface area contributed by atoms with Crippen molar-refractivity contribution in [2.45, 2.75) is 20.0 Å². The molecule has 0 bridgehead atoms. The van der Waals surface area contributed by atoms with Crippen LogP contribution in [0.25, 0.3) is 0 Å². The zero-order valence-corrected chi connectivity index (χ0v) is 8.81. The van der Waals surface area contributed by atoms with Gasteiger partial charge >= 0.3 is 0 Å². The van der Waals surface area contributed by atoms with Gasteiger partial charge in [-0.3, -0.25) is 4.90 Å². The van der Waals surface area contributed by atoms with Crippen LogP contribution in [0, 0.1) is 5.92 Å². The Labute approximate surface area is 84.5 Å². The second-order valence-electron chi connectivity index (χ2n) is 3.87. The Morgan fingerprint density at radius 2 is 2.50 bits per heavy atom. The minimum atomic E-state index is 0.0882. The van der Waals surface area contributed by atoms with Crippen molar-refractivity contribution in [3.8, 4) is 0 Å². The standard InChI is InChI=1S/C9H19N3O2/c1-7(9(10)11-13)5-12-3-4-14-8(2)6-12/h7-8,13H,3-6H2,1-2H3,(H2,10,11). The molecular formula is C9H19N3O2. The Morgan fingerprint density at radius 3 is 3.07 bits per heavy atom. The van der Waals surface area contributed by atoms with Crippen LogP contribution < -0.4 is 5.73 Å². The van der Waals surface area contributed by atoms with Gasteiger partial charge in [-0.2, -0.15) is 0 Å². The van der Waals surface area contributed by atoms with Gasteiger partial charge in [-0.05, 0) is 6.92 Å². The van der Waals surface area contributed by atoms with Crippen molar-refractivity contribution in [3.05, 3.63) is 0 Å². The highest BCUT2D eigenvalue weighted by Crippen LogP contribution is 2.07. The zero-order chi connectivity index (χ0) is 10.6. The van der Waals surface area contributed by atoms with E-state index in [1.807, 2.05) is 6.92 Å². The van der Waals surface area contributed by atoms with Crippen LogP contribution >= 0.6 is 0 Å². The Morgan fingerprint density at radius 1 is 1.79 bits per heavy atom. The number of ether oxygens (including phenoxy) is 1. The molecule has 14 heavy (non-hydrogen) atoms. The van der Waals surface area contributed by atoms with Gasteiger partial charge in [0.2, 0.25) is 0 Å². The molecule has 1 rings (SSSR count). The lowest BCUT2D eigenvalue weighted by molar-refractivity contribution is -0.0201. The van der Waals surface area contributed by atoms with Crippen molar-refractivity contribution in [2.75, 3.05) is 26.2 Å². The van der Waals surface area contributed by atoms with Crippen molar-refractivity contribution < 1.29 is 9.94 Å². The van der Waals surface area contributed by atoms with E-state index < -0.39 is 0 Å². The molecule has 1 saturated heterocycles. The number of nitrogens with two attached hydrogens (primary N) is 1. The van der Waals surface area contributed by atoms with E-state index in [1.165, 1.54) is 0 Å². The predicted octanol–water partition coefficient (Wildman–Crippen LogP) is 0.0896. The molecule has 0 saturated carbocycles. The number of nitrogens with zero attached hydrogens (tertiary/aromatic N) is 2. The number of hydrogen-bond acceptors (Lipinski definition) is 4. The maximum atomic E-state index is 8.51. The lowest BCUT2D eigenvalue weighted by Crippen LogP contribution is -2.44. The Balaban J connectivity index is 2.36. The van der Waals surface area contributed by atoms with E-state index in [9.17, 15) is 0 Å². The molecule has 1 heterocycles. The maximum absolute atomic E-state index is 8.51. The van der Waals surface area contributed by atoms with Crippen LogP contribution in [0.4, 0.5) is 0 Å². The molecule has 1 aliphatic rings. The van der Waals surface area contributed by atoms with Gasteiger partial charge in [0, 0.05) is 25.6 Å². The second kappa shape index (κ2) is 5.17. The first-order valence-electron chi connectivity index (χ1n) is 4.95. The number of rotatable bonds is 3. The lowest BCUT2D eigenvalue weighted by Gasteiger charge is -2.32. The van der Waals surface area contributed by atoms with Crippen molar-refractivity contribution >= 4 is 5.84 Å². The van der Waals surface area contributed by atoms with E-state index in [4.69, 9.17) is 15.7 Å². The summed E-state index contributed by atoms with van der Waals surface area (Å²) in [5.41, 5.74) is 5.51.